The summed E-state index contributed by atoms with van der Waals surface area (Å²) in [5, 5.41) is 1.84. The number of hydrogen-bond acceptors (Lipinski definition) is 3. The van der Waals surface area contributed by atoms with Crippen LogP contribution in [0.15, 0.2) is 0 Å². The van der Waals surface area contributed by atoms with Gasteiger partial charge in [-0.3, -0.25) is 19.7 Å². The molecule has 1 N–H and O–H groups in total. The standard InChI is InChI=1S/C4H3NO3/c6-2-1-3(7)5-4(2)8/h1H2,(H,5,7,8). The lowest BCUT2D eigenvalue weighted by Gasteiger charge is -1.78. The Kier molecular flexibility index (Phi) is 0.865. The van der Waals surface area contributed by atoms with Crippen molar-refractivity contribution >= 4 is 17.6 Å². The van der Waals surface area contributed by atoms with Crippen LogP contribution in [0.5, 0.6) is 0 Å². The smallest absolute Gasteiger partial charge is 0.289 e. The third kappa shape index (κ3) is 0.598. The molecule has 1 heterocycles. The van der Waals surface area contributed by atoms with Crippen LogP contribution in [0.3, 0.4) is 0 Å². The molecule has 2 amide bonds. The SMILES string of the molecule is O=C1CC(=O)C(=O)N1. The molecule has 1 fully saturated rings. The number of imide groups is 1. The van der Waals surface area contributed by atoms with Gasteiger partial charge in [0.05, 0.1) is 6.42 Å². The molecule has 0 atom stereocenters. The van der Waals surface area contributed by atoms with E-state index in [9.17, 15) is 14.4 Å². The van der Waals surface area contributed by atoms with Crippen molar-refractivity contribution in [3.05, 3.63) is 0 Å². The molecular weight excluding hydrogens is 110 g/mol. The van der Waals surface area contributed by atoms with E-state index in [1.54, 1.807) is 0 Å². The molecule has 1 rings (SSSR count). The third-order valence-electron chi connectivity index (χ3n) is 0.827. The number of ketones is 1. The van der Waals surface area contributed by atoms with E-state index in [4.69, 9.17) is 0 Å². The Balaban J connectivity index is 2.79. The molecule has 1 aliphatic heterocycles. The highest BCUT2D eigenvalue weighted by Crippen LogP contribution is 1.91. The molecule has 0 aliphatic carbocycles. The van der Waals surface area contributed by atoms with Gasteiger partial charge in [-0.05, 0) is 0 Å². The van der Waals surface area contributed by atoms with Crippen molar-refractivity contribution in [1.29, 1.82) is 0 Å². The maximum absolute atomic E-state index is 10.2. The predicted molar refractivity (Wildman–Crippen MR) is 22.8 cm³/mol. The van der Waals surface area contributed by atoms with E-state index in [0.717, 1.165) is 0 Å². The summed E-state index contributed by atoms with van der Waals surface area (Å²) in [6.07, 6.45) is -0.279. The highest BCUT2D eigenvalue weighted by Gasteiger charge is 2.26. The number of rotatable bonds is 0. The van der Waals surface area contributed by atoms with Crippen LogP contribution in [-0.2, 0) is 14.4 Å². The minimum absolute atomic E-state index is 0.279. The molecule has 42 valence electrons. The lowest BCUT2D eigenvalue weighted by molar-refractivity contribution is -0.135. The van der Waals surface area contributed by atoms with E-state index in [0.29, 0.717) is 0 Å². The van der Waals surface area contributed by atoms with E-state index < -0.39 is 17.6 Å². The minimum atomic E-state index is -0.782. The molecule has 0 aromatic rings. The topological polar surface area (TPSA) is 63.2 Å². The second kappa shape index (κ2) is 1.40. The summed E-state index contributed by atoms with van der Waals surface area (Å²) in [4.78, 5) is 30.4. The number of carbonyl (C=O) groups excluding carboxylic acids is 3. The zero-order valence-electron chi connectivity index (χ0n) is 3.93. The predicted octanol–water partition coefficient (Wildman–Crippen LogP) is -1.40. The van der Waals surface area contributed by atoms with Crippen molar-refractivity contribution in [2.75, 3.05) is 0 Å². The summed E-state index contributed by atoms with van der Waals surface area (Å²) in [5.74, 6) is -1.93. The molecule has 0 aromatic carbocycles. The van der Waals surface area contributed by atoms with Gasteiger partial charge in [-0.15, -0.1) is 0 Å². The largest absolute Gasteiger partial charge is 0.294 e. The van der Waals surface area contributed by atoms with E-state index >= 15 is 0 Å². The fraction of sp³-hybridized carbons (Fsp3) is 0.250. The van der Waals surface area contributed by atoms with Crippen LogP contribution in [-0.4, -0.2) is 17.6 Å². The Morgan fingerprint density at radius 2 is 1.88 bits per heavy atom. The Morgan fingerprint density at radius 3 is 2.00 bits per heavy atom. The highest BCUT2D eigenvalue weighted by molar-refractivity contribution is 6.46. The van der Waals surface area contributed by atoms with Crippen LogP contribution in [0, 0.1) is 0 Å². The zero-order valence-corrected chi connectivity index (χ0v) is 3.93. The Morgan fingerprint density at radius 1 is 1.25 bits per heavy atom. The fourth-order valence-electron chi connectivity index (χ4n) is 0.467. The highest BCUT2D eigenvalue weighted by atomic mass is 16.2. The minimum Gasteiger partial charge on any atom is -0.289 e. The molecule has 4 nitrogen and oxygen atoms in total. The van der Waals surface area contributed by atoms with Crippen LogP contribution in [0.25, 0.3) is 0 Å². The first-order valence-electron chi connectivity index (χ1n) is 2.07. The maximum Gasteiger partial charge on any atom is 0.294 e. The van der Waals surface area contributed by atoms with Crippen molar-refractivity contribution in [2.45, 2.75) is 6.42 Å². The molecule has 8 heavy (non-hydrogen) atoms. The molecule has 0 unspecified atom stereocenters. The van der Waals surface area contributed by atoms with E-state index in [1.807, 2.05) is 5.32 Å². The van der Waals surface area contributed by atoms with Gasteiger partial charge in [-0.2, -0.15) is 0 Å². The molecule has 4 heteroatoms. The monoisotopic (exact) mass is 113 g/mol. The van der Waals surface area contributed by atoms with Crippen LogP contribution >= 0.6 is 0 Å². The van der Waals surface area contributed by atoms with Gasteiger partial charge >= 0.3 is 0 Å². The van der Waals surface area contributed by atoms with Gasteiger partial charge < -0.3 is 0 Å². The normalized spacial score (nSPS) is 19.2. The number of hydrogen-bond donors (Lipinski definition) is 1. The Hall–Kier alpha value is -1.19. The van der Waals surface area contributed by atoms with Crippen molar-refractivity contribution in [3.8, 4) is 0 Å². The molecular formula is C4H3NO3. The van der Waals surface area contributed by atoms with E-state index in [-0.39, 0.29) is 6.42 Å². The fourth-order valence-corrected chi connectivity index (χ4v) is 0.467. The maximum atomic E-state index is 10.2. The molecule has 0 spiro atoms. The van der Waals surface area contributed by atoms with Gasteiger partial charge in [0.25, 0.3) is 5.91 Å². The number of nitrogens with one attached hydrogen (secondary N) is 1. The van der Waals surface area contributed by atoms with Crippen LogP contribution in [0.2, 0.25) is 0 Å². The molecule has 0 radical (unpaired) electrons. The number of Topliss-reactive ketones (excluding diaryl/α,β-unsaturated/α-hetero) is 1. The average molecular weight is 113 g/mol. The van der Waals surface area contributed by atoms with Gasteiger partial charge in [-0.25, -0.2) is 0 Å². The van der Waals surface area contributed by atoms with Gasteiger partial charge in [0.2, 0.25) is 11.7 Å². The van der Waals surface area contributed by atoms with Crippen molar-refractivity contribution in [1.82, 2.24) is 5.32 Å². The molecule has 0 bridgehead atoms. The number of carbonyl (C=O) groups is 3. The summed E-state index contributed by atoms with van der Waals surface area (Å²) in [5.41, 5.74) is 0. The summed E-state index contributed by atoms with van der Waals surface area (Å²) in [6.45, 7) is 0. The summed E-state index contributed by atoms with van der Waals surface area (Å²) in [6, 6.07) is 0. The molecule has 1 aliphatic rings. The van der Waals surface area contributed by atoms with Crippen LogP contribution in [0.4, 0.5) is 0 Å². The molecule has 1 saturated heterocycles. The summed E-state index contributed by atoms with van der Waals surface area (Å²) in [7, 11) is 0. The number of amides is 2. The van der Waals surface area contributed by atoms with Crippen LogP contribution in [0.1, 0.15) is 6.42 Å². The second-order valence-corrected chi connectivity index (χ2v) is 1.48. The summed E-state index contributed by atoms with van der Waals surface area (Å²) < 4.78 is 0. The molecule has 0 aromatic heterocycles. The quantitative estimate of drug-likeness (QED) is 0.239. The van der Waals surface area contributed by atoms with Gasteiger partial charge in [0.15, 0.2) is 0 Å². The van der Waals surface area contributed by atoms with Crippen LogP contribution < -0.4 is 5.32 Å². The van der Waals surface area contributed by atoms with E-state index in [2.05, 4.69) is 0 Å². The lowest BCUT2D eigenvalue weighted by Crippen LogP contribution is -2.21. The van der Waals surface area contributed by atoms with Crippen molar-refractivity contribution < 1.29 is 14.4 Å². The van der Waals surface area contributed by atoms with E-state index in [1.165, 1.54) is 0 Å². The first-order chi connectivity index (χ1) is 3.70. The lowest BCUT2D eigenvalue weighted by atomic mass is 10.3. The zero-order chi connectivity index (χ0) is 6.15. The Labute approximate surface area is 44.9 Å². The van der Waals surface area contributed by atoms with Gasteiger partial charge in [-0.1, -0.05) is 0 Å². The second-order valence-electron chi connectivity index (χ2n) is 1.48. The van der Waals surface area contributed by atoms with Crippen molar-refractivity contribution in [2.24, 2.45) is 0 Å². The first-order valence-corrected chi connectivity index (χ1v) is 2.07. The van der Waals surface area contributed by atoms with Crippen molar-refractivity contribution in [3.63, 3.8) is 0 Å². The molecule has 0 saturated carbocycles. The Bertz CT molecular complexity index is 154. The average Bonchev–Trinajstić information content (AvgIpc) is 1.85. The van der Waals surface area contributed by atoms with Gasteiger partial charge in [0, 0.05) is 0 Å². The third-order valence-corrected chi connectivity index (χ3v) is 0.827. The van der Waals surface area contributed by atoms with Gasteiger partial charge in [0.1, 0.15) is 0 Å². The first kappa shape index (κ1) is 4.96. The summed E-state index contributed by atoms with van der Waals surface area (Å²) >= 11 is 0.